The van der Waals surface area contributed by atoms with Crippen molar-refractivity contribution in [1.29, 1.82) is 0 Å². The lowest BCUT2D eigenvalue weighted by molar-refractivity contribution is -0.133. The van der Waals surface area contributed by atoms with Gasteiger partial charge in [0.15, 0.2) is 11.6 Å². The Kier molecular flexibility index (Phi) is 6.90. The number of ether oxygens (including phenoxy) is 1. The number of halogens is 1. The molecule has 3 amide bonds. The third kappa shape index (κ3) is 5.58. The molecule has 0 atom stereocenters. The fourth-order valence-corrected chi connectivity index (χ4v) is 3.64. The molecule has 148 valence electrons. The molecule has 0 radical (unpaired) electrons. The van der Waals surface area contributed by atoms with E-state index in [0.29, 0.717) is 32.2 Å². The molecule has 0 bridgehead atoms. The van der Waals surface area contributed by atoms with E-state index in [1.54, 1.807) is 28.0 Å². The minimum Gasteiger partial charge on any atom is -0.490 e. The van der Waals surface area contributed by atoms with Crippen molar-refractivity contribution in [2.75, 3.05) is 32.8 Å². The molecule has 0 aromatic heterocycles. The van der Waals surface area contributed by atoms with Gasteiger partial charge in [-0.3, -0.25) is 4.79 Å². The summed E-state index contributed by atoms with van der Waals surface area (Å²) in [6, 6.07) is 6.44. The summed E-state index contributed by atoms with van der Waals surface area (Å²) < 4.78 is 18.8. The molecule has 6 nitrogen and oxygen atoms in total. The van der Waals surface area contributed by atoms with Crippen LogP contribution in [0.15, 0.2) is 24.3 Å². The van der Waals surface area contributed by atoms with Gasteiger partial charge in [-0.15, -0.1) is 0 Å². The molecule has 2 aliphatic rings. The number of hydrogen-bond donors (Lipinski definition) is 1. The predicted molar refractivity (Wildman–Crippen MR) is 100 cm³/mol. The van der Waals surface area contributed by atoms with Crippen molar-refractivity contribution in [1.82, 2.24) is 15.1 Å². The number of rotatable bonds is 5. The third-order valence-electron chi connectivity index (χ3n) is 5.26. The zero-order valence-electron chi connectivity index (χ0n) is 15.7. The number of hydrogen-bond acceptors (Lipinski definition) is 3. The Balaban J connectivity index is 1.36. The van der Waals surface area contributed by atoms with Crippen LogP contribution in [0.2, 0.25) is 0 Å². The van der Waals surface area contributed by atoms with Crippen LogP contribution in [0.1, 0.15) is 38.5 Å². The van der Waals surface area contributed by atoms with Crippen LogP contribution in [-0.2, 0) is 4.79 Å². The average Bonchev–Trinajstić information content (AvgIpc) is 2.70. The van der Waals surface area contributed by atoms with Crippen LogP contribution < -0.4 is 10.1 Å². The summed E-state index contributed by atoms with van der Waals surface area (Å²) in [5.74, 6) is -0.296. The number of amides is 3. The van der Waals surface area contributed by atoms with E-state index in [2.05, 4.69) is 5.32 Å². The normalized spacial score (nSPS) is 18.3. The fourth-order valence-electron chi connectivity index (χ4n) is 3.64. The first-order chi connectivity index (χ1) is 13.1. The van der Waals surface area contributed by atoms with Crippen molar-refractivity contribution >= 4 is 11.9 Å². The second-order valence-corrected chi connectivity index (χ2v) is 7.18. The molecule has 7 heteroatoms. The second-order valence-electron chi connectivity index (χ2n) is 7.18. The first kappa shape index (κ1) is 19.5. The molecular formula is C20H28FN3O3. The SMILES string of the molecule is O=C(CCOc1ccccc1F)N1CCN(C(=O)NC2CCCCC2)CC1. The van der Waals surface area contributed by atoms with Crippen molar-refractivity contribution < 1.29 is 18.7 Å². The van der Waals surface area contributed by atoms with E-state index in [0.717, 1.165) is 12.8 Å². The summed E-state index contributed by atoms with van der Waals surface area (Å²) >= 11 is 0. The largest absolute Gasteiger partial charge is 0.490 e. The summed E-state index contributed by atoms with van der Waals surface area (Å²) in [6.45, 7) is 2.27. The molecule has 1 aliphatic heterocycles. The van der Waals surface area contributed by atoms with Crippen molar-refractivity contribution in [3.63, 3.8) is 0 Å². The Morgan fingerprint density at radius 2 is 1.70 bits per heavy atom. The van der Waals surface area contributed by atoms with Gasteiger partial charge in [-0.05, 0) is 25.0 Å². The van der Waals surface area contributed by atoms with Crippen molar-refractivity contribution in [2.24, 2.45) is 0 Å². The van der Waals surface area contributed by atoms with E-state index in [-0.39, 0.29) is 30.7 Å². The minimum atomic E-state index is -0.428. The summed E-state index contributed by atoms with van der Waals surface area (Å²) in [6.07, 6.45) is 5.94. The van der Waals surface area contributed by atoms with Gasteiger partial charge in [0, 0.05) is 32.2 Å². The zero-order valence-corrected chi connectivity index (χ0v) is 15.7. The standard InChI is InChI=1S/C20H28FN3O3/c21-17-8-4-5-9-18(17)27-15-10-19(25)23-11-13-24(14-12-23)20(26)22-16-6-2-1-3-7-16/h4-5,8-9,16H,1-3,6-7,10-15H2,(H,22,26). The van der Waals surface area contributed by atoms with E-state index < -0.39 is 5.82 Å². The lowest BCUT2D eigenvalue weighted by Crippen LogP contribution is -2.54. The maximum absolute atomic E-state index is 13.5. The van der Waals surface area contributed by atoms with Gasteiger partial charge in [-0.25, -0.2) is 9.18 Å². The lowest BCUT2D eigenvalue weighted by Gasteiger charge is -2.36. The molecule has 1 heterocycles. The van der Waals surface area contributed by atoms with Gasteiger partial charge in [0.1, 0.15) is 0 Å². The quantitative estimate of drug-likeness (QED) is 0.858. The molecule has 27 heavy (non-hydrogen) atoms. The third-order valence-corrected chi connectivity index (χ3v) is 5.26. The Bertz CT molecular complexity index is 641. The van der Waals surface area contributed by atoms with Crippen molar-refractivity contribution in [3.8, 4) is 5.75 Å². The van der Waals surface area contributed by atoms with Gasteiger partial charge in [0.25, 0.3) is 0 Å². The number of benzene rings is 1. The van der Waals surface area contributed by atoms with Crippen LogP contribution in [-0.4, -0.2) is 60.6 Å². The highest BCUT2D eigenvalue weighted by atomic mass is 19.1. The Labute approximate surface area is 159 Å². The van der Waals surface area contributed by atoms with E-state index >= 15 is 0 Å². The summed E-state index contributed by atoms with van der Waals surface area (Å²) in [5.41, 5.74) is 0. The number of nitrogens with one attached hydrogen (secondary N) is 1. The number of para-hydroxylation sites is 1. The van der Waals surface area contributed by atoms with Gasteiger partial charge in [0.2, 0.25) is 5.91 Å². The van der Waals surface area contributed by atoms with Crippen LogP contribution in [0, 0.1) is 5.82 Å². The average molecular weight is 377 g/mol. The number of urea groups is 1. The van der Waals surface area contributed by atoms with Gasteiger partial charge in [-0.2, -0.15) is 0 Å². The molecular weight excluding hydrogens is 349 g/mol. The Morgan fingerprint density at radius 1 is 1.04 bits per heavy atom. The molecule has 1 aromatic rings. The maximum Gasteiger partial charge on any atom is 0.317 e. The van der Waals surface area contributed by atoms with Crippen LogP contribution >= 0.6 is 0 Å². The molecule has 0 unspecified atom stereocenters. The number of nitrogens with zero attached hydrogens (tertiary/aromatic N) is 2. The summed E-state index contributed by atoms with van der Waals surface area (Å²) in [7, 11) is 0. The fraction of sp³-hybridized carbons (Fsp3) is 0.600. The number of carbonyl (C=O) groups excluding carboxylic acids is 2. The molecule has 1 saturated carbocycles. The monoisotopic (exact) mass is 377 g/mol. The first-order valence-corrected chi connectivity index (χ1v) is 9.84. The van der Waals surface area contributed by atoms with E-state index in [1.807, 2.05) is 0 Å². The van der Waals surface area contributed by atoms with Crippen molar-refractivity contribution in [2.45, 2.75) is 44.6 Å². The van der Waals surface area contributed by atoms with E-state index in [1.165, 1.54) is 25.3 Å². The molecule has 1 aliphatic carbocycles. The van der Waals surface area contributed by atoms with Crippen molar-refractivity contribution in [3.05, 3.63) is 30.1 Å². The molecule has 2 fully saturated rings. The highest BCUT2D eigenvalue weighted by Crippen LogP contribution is 2.18. The van der Waals surface area contributed by atoms with E-state index in [4.69, 9.17) is 4.74 Å². The van der Waals surface area contributed by atoms with Gasteiger partial charge in [0.05, 0.1) is 13.0 Å². The zero-order chi connectivity index (χ0) is 19.1. The first-order valence-electron chi connectivity index (χ1n) is 9.84. The number of carbonyl (C=O) groups is 2. The molecule has 3 rings (SSSR count). The maximum atomic E-state index is 13.5. The molecule has 0 spiro atoms. The molecule has 1 N–H and O–H groups in total. The van der Waals surface area contributed by atoms with Gasteiger partial charge in [-0.1, -0.05) is 31.4 Å². The second kappa shape index (κ2) is 9.58. The van der Waals surface area contributed by atoms with Gasteiger partial charge >= 0.3 is 6.03 Å². The number of piperazine rings is 1. The highest BCUT2D eigenvalue weighted by molar-refractivity contribution is 5.78. The lowest BCUT2D eigenvalue weighted by atomic mass is 9.96. The van der Waals surface area contributed by atoms with Crippen LogP contribution in [0.25, 0.3) is 0 Å². The topological polar surface area (TPSA) is 61.9 Å². The summed E-state index contributed by atoms with van der Waals surface area (Å²) in [5, 5.41) is 3.12. The molecule has 1 saturated heterocycles. The smallest absolute Gasteiger partial charge is 0.317 e. The molecule has 1 aromatic carbocycles. The van der Waals surface area contributed by atoms with E-state index in [9.17, 15) is 14.0 Å². The Morgan fingerprint density at radius 3 is 2.41 bits per heavy atom. The predicted octanol–water partition coefficient (Wildman–Crippen LogP) is 2.78. The van der Waals surface area contributed by atoms with Crippen LogP contribution in [0.5, 0.6) is 5.75 Å². The highest BCUT2D eigenvalue weighted by Gasteiger charge is 2.25. The minimum absolute atomic E-state index is 0.0168. The Hall–Kier alpha value is -2.31. The van der Waals surface area contributed by atoms with Gasteiger partial charge < -0.3 is 19.9 Å². The van der Waals surface area contributed by atoms with Crippen LogP contribution in [0.4, 0.5) is 9.18 Å². The van der Waals surface area contributed by atoms with Crippen LogP contribution in [0.3, 0.4) is 0 Å². The summed E-state index contributed by atoms with van der Waals surface area (Å²) in [4.78, 5) is 28.2.